The monoisotopic (exact) mass is 307 g/mol. The standard InChI is InChI=1S/C13H25NO5S/c1-9(18-5)8-20-7-6-10(11(15)16)14-12(17)19-13(2,3)4/h9-10H,6-8H2,1-5H3,(H,14,17)(H,15,16). The second-order valence-corrected chi connectivity index (χ2v) is 6.60. The van der Waals surface area contributed by atoms with E-state index in [1.54, 1.807) is 39.6 Å². The van der Waals surface area contributed by atoms with E-state index in [2.05, 4.69) is 5.32 Å². The Bertz CT molecular complexity index is 316. The molecule has 20 heavy (non-hydrogen) atoms. The summed E-state index contributed by atoms with van der Waals surface area (Å²) in [5.74, 6) is 0.353. The van der Waals surface area contributed by atoms with Gasteiger partial charge in [0.1, 0.15) is 11.6 Å². The average molecular weight is 307 g/mol. The summed E-state index contributed by atoms with van der Waals surface area (Å²) in [6, 6.07) is -0.935. The first-order valence-corrected chi connectivity index (χ1v) is 7.64. The SMILES string of the molecule is COC(C)CSCCC(NC(=O)OC(C)(C)C)C(=O)O. The number of nitrogens with one attached hydrogen (secondary N) is 1. The summed E-state index contributed by atoms with van der Waals surface area (Å²) in [5, 5.41) is 11.4. The average Bonchev–Trinajstić information content (AvgIpc) is 2.29. The van der Waals surface area contributed by atoms with E-state index in [9.17, 15) is 9.59 Å². The predicted molar refractivity (Wildman–Crippen MR) is 79.2 cm³/mol. The molecule has 0 aromatic rings. The number of carbonyl (C=O) groups is 2. The Morgan fingerprint density at radius 3 is 2.40 bits per heavy atom. The van der Waals surface area contributed by atoms with Gasteiger partial charge in [-0.1, -0.05) is 0 Å². The van der Waals surface area contributed by atoms with Gasteiger partial charge >= 0.3 is 12.1 Å². The van der Waals surface area contributed by atoms with Crippen molar-refractivity contribution >= 4 is 23.8 Å². The lowest BCUT2D eigenvalue weighted by Gasteiger charge is -2.22. The molecule has 2 atom stereocenters. The van der Waals surface area contributed by atoms with Crippen molar-refractivity contribution in [3.05, 3.63) is 0 Å². The van der Waals surface area contributed by atoms with Gasteiger partial charge in [-0.2, -0.15) is 11.8 Å². The highest BCUT2D eigenvalue weighted by Crippen LogP contribution is 2.10. The molecule has 0 aliphatic rings. The van der Waals surface area contributed by atoms with Crippen LogP contribution in [0.1, 0.15) is 34.1 Å². The van der Waals surface area contributed by atoms with E-state index in [0.29, 0.717) is 12.2 Å². The van der Waals surface area contributed by atoms with Crippen molar-refractivity contribution < 1.29 is 24.2 Å². The van der Waals surface area contributed by atoms with Gasteiger partial charge in [-0.05, 0) is 39.9 Å². The molecule has 2 N–H and O–H groups in total. The number of carboxylic acid groups (broad SMARTS) is 1. The number of amides is 1. The van der Waals surface area contributed by atoms with Crippen LogP contribution in [0.4, 0.5) is 4.79 Å². The minimum Gasteiger partial charge on any atom is -0.480 e. The highest BCUT2D eigenvalue weighted by molar-refractivity contribution is 7.99. The fraction of sp³-hybridized carbons (Fsp3) is 0.846. The van der Waals surface area contributed by atoms with Crippen LogP contribution >= 0.6 is 11.8 Å². The molecular formula is C13H25NO5S. The number of alkyl carbamates (subject to hydrolysis) is 1. The molecule has 0 saturated carbocycles. The molecule has 0 aliphatic carbocycles. The molecule has 118 valence electrons. The van der Waals surface area contributed by atoms with Crippen LogP contribution in [-0.2, 0) is 14.3 Å². The lowest BCUT2D eigenvalue weighted by Crippen LogP contribution is -2.43. The lowest BCUT2D eigenvalue weighted by molar-refractivity contribution is -0.139. The number of hydrogen-bond donors (Lipinski definition) is 2. The fourth-order valence-electron chi connectivity index (χ4n) is 1.23. The lowest BCUT2D eigenvalue weighted by atomic mass is 10.2. The number of carbonyl (C=O) groups excluding carboxylic acids is 1. The van der Waals surface area contributed by atoms with Gasteiger partial charge < -0.3 is 19.9 Å². The maximum atomic E-state index is 11.5. The number of rotatable bonds is 8. The Morgan fingerprint density at radius 2 is 1.95 bits per heavy atom. The summed E-state index contributed by atoms with van der Waals surface area (Å²) in [5.41, 5.74) is -0.643. The maximum absolute atomic E-state index is 11.5. The molecule has 7 heteroatoms. The van der Waals surface area contributed by atoms with Crippen LogP contribution in [0.15, 0.2) is 0 Å². The van der Waals surface area contributed by atoms with Crippen LogP contribution in [0.2, 0.25) is 0 Å². The molecule has 0 spiro atoms. The molecule has 0 radical (unpaired) electrons. The molecule has 0 saturated heterocycles. The Kier molecular flexibility index (Phi) is 8.64. The second-order valence-electron chi connectivity index (χ2n) is 5.45. The molecule has 6 nitrogen and oxygen atoms in total. The molecule has 0 aliphatic heterocycles. The molecule has 1 amide bonds. The van der Waals surface area contributed by atoms with Gasteiger partial charge in [0.05, 0.1) is 6.10 Å². The zero-order valence-corrected chi connectivity index (χ0v) is 13.6. The number of carboxylic acids is 1. The third-order valence-electron chi connectivity index (χ3n) is 2.29. The van der Waals surface area contributed by atoms with E-state index in [4.69, 9.17) is 14.6 Å². The van der Waals surface area contributed by atoms with Gasteiger partial charge in [0, 0.05) is 12.9 Å². The summed E-state index contributed by atoms with van der Waals surface area (Å²) in [6.45, 7) is 7.12. The van der Waals surface area contributed by atoms with Crippen molar-refractivity contribution in [3.8, 4) is 0 Å². The number of thioether (sulfide) groups is 1. The van der Waals surface area contributed by atoms with E-state index in [1.165, 1.54) is 0 Å². The number of ether oxygens (including phenoxy) is 2. The molecular weight excluding hydrogens is 282 g/mol. The van der Waals surface area contributed by atoms with Gasteiger partial charge in [0.2, 0.25) is 0 Å². The highest BCUT2D eigenvalue weighted by atomic mass is 32.2. The molecule has 0 bridgehead atoms. The van der Waals surface area contributed by atoms with Crippen molar-refractivity contribution in [2.45, 2.75) is 51.9 Å². The topological polar surface area (TPSA) is 84.9 Å². The van der Waals surface area contributed by atoms with Crippen molar-refractivity contribution in [2.75, 3.05) is 18.6 Å². The van der Waals surface area contributed by atoms with Crippen LogP contribution in [0.5, 0.6) is 0 Å². The van der Waals surface area contributed by atoms with Crippen molar-refractivity contribution in [2.24, 2.45) is 0 Å². The Morgan fingerprint density at radius 1 is 1.35 bits per heavy atom. The van der Waals surface area contributed by atoms with Crippen molar-refractivity contribution in [1.82, 2.24) is 5.32 Å². The number of aliphatic carboxylic acids is 1. The van der Waals surface area contributed by atoms with Crippen LogP contribution in [0.3, 0.4) is 0 Å². The van der Waals surface area contributed by atoms with Crippen LogP contribution < -0.4 is 5.32 Å². The summed E-state index contributed by atoms with van der Waals surface area (Å²) in [7, 11) is 1.63. The van der Waals surface area contributed by atoms with E-state index >= 15 is 0 Å². The summed E-state index contributed by atoms with van der Waals surface area (Å²) in [6.07, 6.45) is -0.238. The molecule has 0 aromatic heterocycles. The first-order valence-electron chi connectivity index (χ1n) is 6.48. The highest BCUT2D eigenvalue weighted by Gasteiger charge is 2.23. The fourth-order valence-corrected chi connectivity index (χ4v) is 2.26. The van der Waals surface area contributed by atoms with E-state index in [-0.39, 0.29) is 6.10 Å². The minimum absolute atomic E-state index is 0.127. The van der Waals surface area contributed by atoms with Gasteiger partial charge in [-0.25, -0.2) is 9.59 Å². The van der Waals surface area contributed by atoms with Gasteiger partial charge in [-0.15, -0.1) is 0 Å². The zero-order chi connectivity index (χ0) is 15.8. The first-order chi connectivity index (χ1) is 9.15. The zero-order valence-electron chi connectivity index (χ0n) is 12.8. The van der Waals surface area contributed by atoms with Gasteiger partial charge in [0.15, 0.2) is 0 Å². The number of methoxy groups -OCH3 is 1. The molecule has 0 heterocycles. The van der Waals surface area contributed by atoms with E-state index in [0.717, 1.165) is 5.75 Å². The van der Waals surface area contributed by atoms with Crippen LogP contribution in [-0.4, -0.2) is 53.5 Å². The quantitative estimate of drug-likeness (QED) is 0.668. The van der Waals surface area contributed by atoms with Gasteiger partial charge in [-0.3, -0.25) is 0 Å². The molecule has 0 aromatic carbocycles. The van der Waals surface area contributed by atoms with Crippen LogP contribution in [0, 0.1) is 0 Å². The number of hydrogen-bond acceptors (Lipinski definition) is 5. The summed E-state index contributed by atoms with van der Waals surface area (Å²) < 4.78 is 10.1. The third kappa shape index (κ3) is 9.91. The molecule has 0 rings (SSSR count). The van der Waals surface area contributed by atoms with E-state index < -0.39 is 23.7 Å². The first kappa shape index (κ1) is 19.1. The normalized spacial score (nSPS) is 14.4. The Labute approximate surface area is 124 Å². The molecule has 0 fully saturated rings. The second kappa shape index (κ2) is 9.07. The van der Waals surface area contributed by atoms with Crippen molar-refractivity contribution in [3.63, 3.8) is 0 Å². The van der Waals surface area contributed by atoms with Crippen LogP contribution in [0.25, 0.3) is 0 Å². The summed E-state index contributed by atoms with van der Waals surface area (Å²) in [4.78, 5) is 22.6. The van der Waals surface area contributed by atoms with Gasteiger partial charge in [0.25, 0.3) is 0 Å². The van der Waals surface area contributed by atoms with E-state index in [1.807, 2.05) is 6.92 Å². The van der Waals surface area contributed by atoms with Crippen molar-refractivity contribution in [1.29, 1.82) is 0 Å². The minimum atomic E-state index is -1.06. The maximum Gasteiger partial charge on any atom is 0.408 e. The largest absolute Gasteiger partial charge is 0.480 e. The molecule has 2 unspecified atom stereocenters. The predicted octanol–water partition coefficient (Wildman–Crippen LogP) is 2.12. The Balaban J connectivity index is 4.11. The Hall–Kier alpha value is -0.950. The summed E-state index contributed by atoms with van der Waals surface area (Å²) >= 11 is 1.59. The third-order valence-corrected chi connectivity index (χ3v) is 3.52. The smallest absolute Gasteiger partial charge is 0.408 e.